The Balaban J connectivity index is -0.0000000800. The first-order valence-electron chi connectivity index (χ1n) is 0.752. The minimum absolute atomic E-state index is 0. The van der Waals surface area contributed by atoms with Gasteiger partial charge in [0.05, 0.1) is 0 Å². The van der Waals surface area contributed by atoms with Crippen LogP contribution >= 0.6 is 7.91 Å². The van der Waals surface area contributed by atoms with Gasteiger partial charge >= 0.3 is 26.8 Å². The average Bonchev–Trinajstić information content (AvgIpc) is 0.722. The summed E-state index contributed by atoms with van der Waals surface area (Å²) in [5.74, 6) is 0. The molecule has 7 heavy (non-hydrogen) atoms. The van der Waals surface area contributed by atoms with E-state index in [1.165, 1.54) is 0 Å². The molecule has 0 saturated carbocycles. The number of halogens is 1. The molecule has 0 bridgehead atoms. The molecule has 6 heteroatoms. The molecule has 3 nitrogen and oxygen atoms in total. The van der Waals surface area contributed by atoms with E-state index < -0.39 is 7.91 Å². The second-order valence-corrected chi connectivity index (χ2v) is 1.42. The molecule has 0 aliphatic heterocycles. The molecule has 40 valence electrons. The van der Waals surface area contributed by atoms with E-state index in [1.54, 1.807) is 0 Å². The Morgan fingerprint density at radius 2 is 1.43 bits per heavy atom. The van der Waals surface area contributed by atoms with E-state index in [-0.39, 0.29) is 26.3 Å². The van der Waals surface area contributed by atoms with Crippen molar-refractivity contribution in [1.82, 2.24) is 0 Å². The summed E-state index contributed by atoms with van der Waals surface area (Å²) in [5.41, 5.74) is 0. The molecule has 0 aromatic rings. The van der Waals surface area contributed by atoms with Crippen LogP contribution in [0.2, 0.25) is 0 Å². The Labute approximate surface area is 53.4 Å². The van der Waals surface area contributed by atoms with E-state index in [0.29, 0.717) is 0 Å². The van der Waals surface area contributed by atoms with E-state index >= 15 is 0 Å². The van der Waals surface area contributed by atoms with Crippen LogP contribution in [0.5, 0.6) is 0 Å². The molecule has 0 unspecified atom stereocenters. The van der Waals surface area contributed by atoms with Crippen molar-refractivity contribution < 1.29 is 37.4 Å². The zero-order valence-corrected chi connectivity index (χ0v) is 5.02. The topological polar surface area (TPSA) is 57.5 Å². The molecule has 0 aromatic heterocycles. The smallest absolute Gasteiger partial charge is 0.358 e. The van der Waals surface area contributed by atoms with Crippen molar-refractivity contribution in [2.75, 3.05) is 0 Å². The van der Waals surface area contributed by atoms with Crippen molar-refractivity contribution in [3.63, 3.8) is 0 Å². The molecule has 0 heterocycles. The van der Waals surface area contributed by atoms with Crippen LogP contribution < -0.4 is 18.9 Å². The molecular formula is CH5FLiO3P. The Bertz CT molecular complexity index is 61.1. The van der Waals surface area contributed by atoms with Gasteiger partial charge in [-0.1, -0.05) is 0 Å². The molecular weight excluding hydrogens is 117 g/mol. The fourth-order valence-corrected chi connectivity index (χ4v) is 0. The predicted octanol–water partition coefficient (Wildman–Crippen LogP) is -2.50. The minimum Gasteiger partial charge on any atom is -0.358 e. The van der Waals surface area contributed by atoms with Gasteiger partial charge in [-0.15, -0.1) is 4.20 Å². The summed E-state index contributed by atoms with van der Waals surface area (Å²) in [4.78, 5) is 13.9. The molecule has 0 atom stereocenters. The van der Waals surface area contributed by atoms with Gasteiger partial charge in [0.1, 0.15) is 0 Å². The zero-order valence-electron chi connectivity index (χ0n) is 4.13. The zero-order chi connectivity index (χ0) is 4.50. The predicted molar refractivity (Wildman–Crippen MR) is 19.6 cm³/mol. The van der Waals surface area contributed by atoms with Crippen molar-refractivity contribution in [2.24, 2.45) is 0 Å². The molecule has 2 N–H and O–H groups in total. The van der Waals surface area contributed by atoms with Gasteiger partial charge in [0.2, 0.25) is 0 Å². The SMILES string of the molecule is O=P(O)(O)F.[CH3-].[Li+]. The van der Waals surface area contributed by atoms with Gasteiger partial charge in [-0.05, 0) is 0 Å². The van der Waals surface area contributed by atoms with Gasteiger partial charge < -0.3 is 7.43 Å². The molecule has 0 spiro atoms. The Morgan fingerprint density at radius 1 is 1.43 bits per heavy atom. The molecule has 0 aliphatic rings. The Kier molecular flexibility index (Phi) is 10.8. The van der Waals surface area contributed by atoms with Crippen LogP contribution in [0, 0.1) is 7.43 Å². The van der Waals surface area contributed by atoms with Crippen LogP contribution in [-0.2, 0) is 4.57 Å². The van der Waals surface area contributed by atoms with E-state index in [2.05, 4.69) is 0 Å². The fourth-order valence-electron chi connectivity index (χ4n) is 0. The van der Waals surface area contributed by atoms with E-state index in [4.69, 9.17) is 14.4 Å². The molecule has 0 radical (unpaired) electrons. The maximum absolute atomic E-state index is 10.4. The monoisotopic (exact) mass is 122 g/mol. The second-order valence-electron chi connectivity index (χ2n) is 0.473. The van der Waals surface area contributed by atoms with Crippen LogP contribution in [0.1, 0.15) is 0 Å². The third-order valence-corrected chi connectivity index (χ3v) is 0. The summed E-state index contributed by atoms with van der Waals surface area (Å²) in [6.45, 7) is 0. The summed E-state index contributed by atoms with van der Waals surface area (Å²) < 4.78 is 19.0. The number of rotatable bonds is 0. The van der Waals surface area contributed by atoms with Crippen molar-refractivity contribution in [1.29, 1.82) is 0 Å². The van der Waals surface area contributed by atoms with E-state index in [1.807, 2.05) is 0 Å². The fraction of sp³-hybridized carbons (Fsp3) is 0. The first-order valence-corrected chi connectivity index (χ1v) is 2.25. The largest absolute Gasteiger partial charge is 1.00 e. The normalized spacial score (nSPS) is 8.43. The first kappa shape index (κ1) is 15.6. The quantitative estimate of drug-likeness (QED) is 0.212. The summed E-state index contributed by atoms with van der Waals surface area (Å²) in [7, 11) is -5.14. The van der Waals surface area contributed by atoms with Crippen LogP contribution in [0.15, 0.2) is 0 Å². The Hall–Kier alpha value is 0.677. The van der Waals surface area contributed by atoms with Gasteiger partial charge in [-0.25, -0.2) is 4.57 Å². The van der Waals surface area contributed by atoms with Crippen LogP contribution in [-0.4, -0.2) is 9.79 Å². The molecule has 0 saturated heterocycles. The number of hydrogen-bond acceptors (Lipinski definition) is 1. The second kappa shape index (κ2) is 4.83. The Morgan fingerprint density at radius 3 is 1.43 bits per heavy atom. The summed E-state index contributed by atoms with van der Waals surface area (Å²) >= 11 is 0. The maximum Gasteiger partial charge on any atom is 1.00 e. The van der Waals surface area contributed by atoms with Crippen LogP contribution in [0.3, 0.4) is 0 Å². The standard InChI is InChI=1S/CH3.FH2O3P.Li/c;1-5(2,3)4;/h1H3;(H2,2,3,4);/q-1;;+1. The summed E-state index contributed by atoms with van der Waals surface area (Å²) in [5, 5.41) is 0. The molecule has 0 rings (SSSR count). The molecule has 0 amide bonds. The van der Waals surface area contributed by atoms with Gasteiger partial charge in [0.25, 0.3) is 0 Å². The summed E-state index contributed by atoms with van der Waals surface area (Å²) in [6, 6.07) is 0. The molecule has 0 aliphatic carbocycles. The van der Waals surface area contributed by atoms with Gasteiger partial charge in [-0.3, -0.25) is 9.79 Å². The van der Waals surface area contributed by atoms with E-state index in [9.17, 15) is 4.20 Å². The van der Waals surface area contributed by atoms with Gasteiger partial charge in [0, 0.05) is 0 Å². The number of hydrogen-bond donors (Lipinski definition) is 2. The van der Waals surface area contributed by atoms with E-state index in [0.717, 1.165) is 0 Å². The summed E-state index contributed by atoms with van der Waals surface area (Å²) in [6.07, 6.45) is 0. The maximum atomic E-state index is 10.4. The average molecular weight is 122 g/mol. The van der Waals surface area contributed by atoms with Gasteiger partial charge in [0.15, 0.2) is 0 Å². The van der Waals surface area contributed by atoms with Crippen LogP contribution in [0.25, 0.3) is 0 Å². The van der Waals surface area contributed by atoms with Crippen molar-refractivity contribution >= 4 is 7.91 Å². The van der Waals surface area contributed by atoms with Crippen LogP contribution in [0.4, 0.5) is 4.20 Å². The third-order valence-electron chi connectivity index (χ3n) is 0. The molecule has 0 aromatic carbocycles. The van der Waals surface area contributed by atoms with Gasteiger partial charge in [-0.2, -0.15) is 0 Å². The molecule has 0 fully saturated rings. The third kappa shape index (κ3) is 318. The minimum atomic E-state index is -5.14. The van der Waals surface area contributed by atoms with Crippen molar-refractivity contribution in [3.05, 3.63) is 7.43 Å². The van der Waals surface area contributed by atoms with Crippen molar-refractivity contribution in [2.45, 2.75) is 0 Å². The first-order chi connectivity index (χ1) is 2.00. The van der Waals surface area contributed by atoms with Crippen molar-refractivity contribution in [3.8, 4) is 0 Å².